The predicted molar refractivity (Wildman–Crippen MR) is 69.9 cm³/mol. The molecule has 0 N–H and O–H groups in total. The lowest BCUT2D eigenvalue weighted by Crippen LogP contribution is -2.39. The van der Waals surface area contributed by atoms with Crippen molar-refractivity contribution in [3.8, 4) is 5.75 Å². The fourth-order valence-electron chi connectivity index (χ4n) is 1.91. The van der Waals surface area contributed by atoms with Crippen molar-refractivity contribution in [2.75, 3.05) is 0 Å². The van der Waals surface area contributed by atoms with Crippen LogP contribution in [-0.2, 0) is 0 Å². The van der Waals surface area contributed by atoms with Crippen LogP contribution in [0.3, 0.4) is 0 Å². The summed E-state index contributed by atoms with van der Waals surface area (Å²) in [5, 5.41) is 1.12. The third-order valence-electron chi connectivity index (χ3n) is 2.68. The quantitative estimate of drug-likeness (QED) is 0.567. The van der Waals surface area contributed by atoms with Gasteiger partial charge in [0.05, 0.1) is 0 Å². The van der Waals surface area contributed by atoms with Crippen molar-refractivity contribution in [3.63, 3.8) is 0 Å². The monoisotopic (exact) mass is 206 g/mol. The Balaban J connectivity index is 2.75. The molecule has 3 heteroatoms. The lowest BCUT2D eigenvalue weighted by Gasteiger charge is -2.29. The predicted octanol–water partition coefficient (Wildman–Crippen LogP) is 0.684. The number of ether oxygens (including phenoxy) is 1. The average molecular weight is 206 g/mol. The highest BCUT2D eigenvalue weighted by Crippen LogP contribution is 2.24. The van der Waals surface area contributed by atoms with E-state index >= 15 is 0 Å². The Morgan fingerprint density at radius 3 is 2.56 bits per heavy atom. The van der Waals surface area contributed by atoms with Crippen molar-refractivity contribution in [1.29, 1.82) is 0 Å². The molecule has 0 saturated heterocycles. The molecule has 76 valence electrons. The van der Waals surface area contributed by atoms with Crippen molar-refractivity contribution in [2.24, 2.45) is 0 Å². The van der Waals surface area contributed by atoms with Crippen molar-refractivity contribution >= 4 is 33.9 Å². The fourth-order valence-corrected chi connectivity index (χ4v) is 1.91. The number of fused-ring (bicyclic) bond motifs is 1. The minimum absolute atomic E-state index is 0.728. The first-order chi connectivity index (χ1) is 7.57. The van der Waals surface area contributed by atoms with Gasteiger partial charge in [-0.3, -0.25) is 0 Å². The van der Waals surface area contributed by atoms with Crippen LogP contribution in [0.15, 0.2) is 18.2 Å². The zero-order valence-electron chi connectivity index (χ0n) is 9.53. The second-order valence-corrected chi connectivity index (χ2v) is 3.85. The molecule has 1 aromatic rings. The van der Waals surface area contributed by atoms with Crippen molar-refractivity contribution in [1.82, 2.24) is 0 Å². The third-order valence-corrected chi connectivity index (χ3v) is 2.68. The van der Waals surface area contributed by atoms with Crippen LogP contribution < -0.4 is 15.2 Å². The van der Waals surface area contributed by atoms with E-state index < -0.39 is 5.40 Å². The maximum Gasteiger partial charge on any atom is 0.126 e. The molecule has 1 heterocycles. The first-order valence-electron chi connectivity index (χ1n) is 5.29. The molecule has 2 rings (SSSR count). The fraction of sp³-hybridized carbons (Fsp3) is 0.231. The van der Waals surface area contributed by atoms with E-state index in [2.05, 4.69) is 12.2 Å². The average Bonchev–Trinajstić information content (AvgIpc) is 2.26. The second-order valence-electron chi connectivity index (χ2n) is 3.85. The van der Waals surface area contributed by atoms with Gasteiger partial charge in [0.15, 0.2) is 0 Å². The minimum atomic E-state index is -1.20. The third kappa shape index (κ3) is 1.82. The Morgan fingerprint density at radius 1 is 1.19 bits per heavy atom. The summed E-state index contributed by atoms with van der Waals surface area (Å²) in [6, 6.07) is 3.90. The van der Waals surface area contributed by atoms with E-state index in [1.54, 1.807) is 6.08 Å². The molecular formula is C13H12B2O. The van der Waals surface area contributed by atoms with Crippen LogP contribution in [0.5, 0.6) is 5.75 Å². The minimum Gasteiger partial charge on any atom is -0.503 e. The van der Waals surface area contributed by atoms with Crippen LogP contribution in [0, 0.1) is 0 Å². The Bertz CT molecular complexity index is 556. The normalized spacial score (nSPS) is 19.4. The van der Waals surface area contributed by atoms with Gasteiger partial charge < -0.3 is 4.74 Å². The molecular weight excluding hydrogens is 194 g/mol. The van der Waals surface area contributed by atoms with Gasteiger partial charge in [-0.2, -0.15) is 0 Å². The van der Waals surface area contributed by atoms with E-state index in [4.69, 9.17) is 20.4 Å². The van der Waals surface area contributed by atoms with Gasteiger partial charge in [-0.1, -0.05) is 30.4 Å². The Kier molecular flexibility index (Phi) is 2.71. The van der Waals surface area contributed by atoms with E-state index in [9.17, 15) is 0 Å². The van der Waals surface area contributed by atoms with E-state index in [1.807, 2.05) is 32.1 Å². The molecule has 0 atom stereocenters. The van der Waals surface area contributed by atoms with Crippen LogP contribution in [-0.4, -0.2) is 21.1 Å². The number of benzene rings is 1. The van der Waals surface area contributed by atoms with Crippen molar-refractivity contribution < 1.29 is 4.74 Å². The lowest BCUT2D eigenvalue weighted by molar-refractivity contribution is 0.284. The van der Waals surface area contributed by atoms with Gasteiger partial charge in [-0.25, -0.2) is 0 Å². The summed E-state index contributed by atoms with van der Waals surface area (Å²) < 4.78 is 5.50. The maximum atomic E-state index is 5.71. The van der Waals surface area contributed by atoms with Gasteiger partial charge in [-0.15, -0.1) is 0 Å². The van der Waals surface area contributed by atoms with Gasteiger partial charge in [0, 0.05) is 11.0 Å². The summed E-state index contributed by atoms with van der Waals surface area (Å²) >= 11 is 0. The number of hydrogen-bond donors (Lipinski definition) is 0. The molecule has 0 aromatic heterocycles. The van der Waals surface area contributed by atoms with E-state index in [0.717, 1.165) is 16.5 Å². The molecule has 0 amide bonds. The van der Waals surface area contributed by atoms with Gasteiger partial charge in [0.1, 0.15) is 21.4 Å². The highest BCUT2D eigenvalue weighted by Gasteiger charge is 2.20. The summed E-state index contributed by atoms with van der Waals surface area (Å²) in [6.07, 6.45) is 7.71. The van der Waals surface area contributed by atoms with Gasteiger partial charge in [0.2, 0.25) is 0 Å². The van der Waals surface area contributed by atoms with Crippen LogP contribution in [0.25, 0.3) is 18.2 Å². The first kappa shape index (κ1) is 11.1. The Morgan fingerprint density at radius 2 is 1.94 bits per heavy atom. The van der Waals surface area contributed by atoms with E-state index in [1.165, 1.54) is 5.22 Å². The molecule has 16 heavy (non-hydrogen) atoms. The zero-order valence-corrected chi connectivity index (χ0v) is 9.53. The molecule has 1 aliphatic heterocycles. The largest absolute Gasteiger partial charge is 0.503 e. The number of hydrogen-bond acceptors (Lipinski definition) is 1. The zero-order chi connectivity index (χ0) is 11.8. The highest BCUT2D eigenvalue weighted by molar-refractivity contribution is 6.41. The molecule has 0 bridgehead atoms. The lowest BCUT2D eigenvalue weighted by atomic mass is 9.64. The van der Waals surface area contributed by atoms with E-state index in [-0.39, 0.29) is 0 Å². The second kappa shape index (κ2) is 3.89. The van der Waals surface area contributed by atoms with Crippen LogP contribution >= 0.6 is 0 Å². The summed E-state index contributed by atoms with van der Waals surface area (Å²) in [7, 11) is 11.4. The summed E-state index contributed by atoms with van der Waals surface area (Å²) in [6.45, 7) is 4.02. The van der Waals surface area contributed by atoms with Gasteiger partial charge >= 0.3 is 0 Å². The summed E-state index contributed by atoms with van der Waals surface area (Å²) in [5.74, 6) is 0.728. The molecule has 1 nitrogen and oxygen atoms in total. The van der Waals surface area contributed by atoms with Crippen LogP contribution in [0.1, 0.15) is 19.4 Å². The molecule has 4 radical (unpaired) electrons. The SMILES string of the molecule is [B]C1([B])C=Cc2c(ccc(=C/C)/c2=C\C)O1. The smallest absolute Gasteiger partial charge is 0.126 e. The Hall–Kier alpha value is -1.37. The molecule has 1 aliphatic rings. The molecule has 0 unspecified atom stereocenters. The van der Waals surface area contributed by atoms with Crippen LogP contribution in [0.2, 0.25) is 0 Å². The van der Waals surface area contributed by atoms with Gasteiger partial charge in [0.25, 0.3) is 0 Å². The summed E-state index contributed by atoms with van der Waals surface area (Å²) in [5.41, 5.74) is 1.03. The van der Waals surface area contributed by atoms with Gasteiger partial charge in [-0.05, 0) is 30.4 Å². The van der Waals surface area contributed by atoms with Crippen molar-refractivity contribution in [2.45, 2.75) is 19.2 Å². The van der Waals surface area contributed by atoms with Crippen molar-refractivity contribution in [3.05, 3.63) is 34.2 Å². The molecule has 1 aromatic carbocycles. The molecule has 0 fully saturated rings. The first-order valence-corrected chi connectivity index (χ1v) is 5.29. The maximum absolute atomic E-state index is 5.71. The highest BCUT2D eigenvalue weighted by atomic mass is 16.5. The summed E-state index contributed by atoms with van der Waals surface area (Å²) in [4.78, 5) is 0. The molecule has 0 saturated carbocycles. The topological polar surface area (TPSA) is 9.23 Å². The van der Waals surface area contributed by atoms with Crippen LogP contribution in [0.4, 0.5) is 0 Å². The molecule has 0 aliphatic carbocycles. The molecule has 0 spiro atoms. The van der Waals surface area contributed by atoms with E-state index in [0.29, 0.717) is 0 Å². The standard InChI is InChI=1S/C13H12B2O/c1-3-9-5-6-12-11(10(9)4-2)7-8-13(14,15)16-12/h3-8H,1-2H3/b9-3-,10-4+. The Labute approximate surface area is 98.3 Å². The number of rotatable bonds is 0.